The molecule has 0 aliphatic carbocycles. The molecule has 22 heavy (non-hydrogen) atoms. The molecule has 6 nitrogen and oxygen atoms in total. The summed E-state index contributed by atoms with van der Waals surface area (Å²) in [7, 11) is 0. The lowest BCUT2D eigenvalue weighted by Gasteiger charge is -2.23. The first-order valence-corrected chi connectivity index (χ1v) is 8.09. The fourth-order valence-electron chi connectivity index (χ4n) is 4.27. The molecule has 3 fully saturated rings. The second-order valence-corrected chi connectivity index (χ2v) is 6.51. The zero-order chi connectivity index (χ0) is 15.3. The zero-order valence-corrected chi connectivity index (χ0v) is 12.7. The van der Waals surface area contributed by atoms with Crippen molar-refractivity contribution in [3.8, 4) is 0 Å². The van der Waals surface area contributed by atoms with Gasteiger partial charge in [-0.2, -0.15) is 0 Å². The van der Waals surface area contributed by atoms with Crippen LogP contribution in [0.25, 0.3) is 0 Å². The van der Waals surface area contributed by atoms with E-state index in [2.05, 4.69) is 0 Å². The van der Waals surface area contributed by atoms with Crippen LogP contribution in [0.1, 0.15) is 19.8 Å². The predicted molar refractivity (Wildman–Crippen MR) is 75.9 cm³/mol. The molecule has 6 heteroatoms. The van der Waals surface area contributed by atoms with Crippen LogP contribution >= 0.6 is 0 Å². The Balaban J connectivity index is 1.55. The third-order valence-electron chi connectivity index (χ3n) is 5.19. The average molecular weight is 307 g/mol. The maximum absolute atomic E-state index is 12.8. The molecule has 3 saturated heterocycles. The van der Waals surface area contributed by atoms with E-state index in [-0.39, 0.29) is 24.1 Å². The molecule has 0 aromatic heterocycles. The van der Waals surface area contributed by atoms with Crippen molar-refractivity contribution in [1.82, 2.24) is 4.90 Å². The zero-order valence-electron chi connectivity index (χ0n) is 12.7. The van der Waals surface area contributed by atoms with E-state index < -0.39 is 17.4 Å². The molecular weight excluding hydrogens is 286 g/mol. The largest absolute Gasteiger partial charge is 0.466 e. The Bertz CT molecular complexity index is 527. The predicted octanol–water partition coefficient (Wildman–Crippen LogP) is 0.510. The van der Waals surface area contributed by atoms with Crippen LogP contribution < -0.4 is 0 Å². The number of rotatable bonds is 4. The van der Waals surface area contributed by atoms with E-state index in [4.69, 9.17) is 14.2 Å². The monoisotopic (exact) mass is 307 g/mol. The van der Waals surface area contributed by atoms with Crippen molar-refractivity contribution in [2.24, 2.45) is 11.8 Å². The highest BCUT2D eigenvalue weighted by Crippen LogP contribution is 2.52. The van der Waals surface area contributed by atoms with Gasteiger partial charge < -0.3 is 19.1 Å². The Kier molecular flexibility index (Phi) is 3.27. The third kappa shape index (κ3) is 1.93. The van der Waals surface area contributed by atoms with Gasteiger partial charge in [-0.1, -0.05) is 12.2 Å². The molecule has 4 rings (SSSR count). The van der Waals surface area contributed by atoms with Gasteiger partial charge in [-0.05, 0) is 19.8 Å². The van der Waals surface area contributed by atoms with Gasteiger partial charge in [0.2, 0.25) is 5.91 Å². The summed E-state index contributed by atoms with van der Waals surface area (Å²) in [4.78, 5) is 26.9. The van der Waals surface area contributed by atoms with Gasteiger partial charge in [0.1, 0.15) is 11.5 Å². The van der Waals surface area contributed by atoms with Crippen LogP contribution in [-0.4, -0.2) is 60.9 Å². The van der Waals surface area contributed by atoms with Gasteiger partial charge in [-0.25, -0.2) is 0 Å². The Morgan fingerprint density at radius 2 is 2.41 bits per heavy atom. The molecule has 120 valence electrons. The highest BCUT2D eigenvalue weighted by Gasteiger charge is 2.67. The van der Waals surface area contributed by atoms with Crippen molar-refractivity contribution in [2.75, 3.05) is 26.3 Å². The minimum atomic E-state index is -0.641. The van der Waals surface area contributed by atoms with Crippen LogP contribution in [0.3, 0.4) is 0 Å². The molecule has 1 amide bonds. The maximum Gasteiger partial charge on any atom is 0.312 e. The van der Waals surface area contributed by atoms with E-state index in [1.807, 2.05) is 12.2 Å². The molecule has 0 saturated carbocycles. The van der Waals surface area contributed by atoms with Crippen LogP contribution in [0.2, 0.25) is 0 Å². The van der Waals surface area contributed by atoms with Crippen LogP contribution in [0, 0.1) is 11.8 Å². The summed E-state index contributed by atoms with van der Waals surface area (Å²) in [5, 5.41) is 0. The number of nitrogens with zero attached hydrogens (tertiary/aromatic N) is 1. The SMILES string of the molecule is CCOC(=O)[C@@H]1[C@H]2C=C[C@@]3(CN(C[C@H]4CCCO4)C(=O)[C@@H]13)O2. The first-order valence-electron chi connectivity index (χ1n) is 8.09. The lowest BCUT2D eigenvalue weighted by atomic mass is 9.77. The van der Waals surface area contributed by atoms with Gasteiger partial charge in [-0.15, -0.1) is 0 Å². The molecule has 4 aliphatic rings. The number of carbonyl (C=O) groups is 2. The molecule has 0 N–H and O–H groups in total. The Labute approximate surface area is 129 Å². The van der Waals surface area contributed by atoms with Gasteiger partial charge in [0.05, 0.1) is 31.3 Å². The quantitative estimate of drug-likeness (QED) is 0.559. The number of amides is 1. The summed E-state index contributed by atoms with van der Waals surface area (Å²) in [5.74, 6) is -1.27. The van der Waals surface area contributed by atoms with Crippen molar-refractivity contribution in [3.05, 3.63) is 12.2 Å². The molecule has 4 heterocycles. The summed E-state index contributed by atoms with van der Waals surface area (Å²) >= 11 is 0. The van der Waals surface area contributed by atoms with E-state index in [1.165, 1.54) is 0 Å². The van der Waals surface area contributed by atoms with Crippen LogP contribution in [0.15, 0.2) is 12.2 Å². The number of esters is 1. The van der Waals surface area contributed by atoms with Crippen molar-refractivity contribution in [3.63, 3.8) is 0 Å². The normalized spacial score (nSPS) is 42.2. The second kappa shape index (κ2) is 5.06. The highest BCUT2D eigenvalue weighted by atomic mass is 16.6. The number of hydrogen-bond donors (Lipinski definition) is 0. The molecule has 2 bridgehead atoms. The fraction of sp³-hybridized carbons (Fsp3) is 0.750. The molecule has 0 aromatic rings. The molecule has 5 atom stereocenters. The summed E-state index contributed by atoms with van der Waals surface area (Å²) in [5.41, 5.74) is -0.641. The standard InChI is InChI=1S/C16H21NO5/c1-2-20-15(19)12-11-5-6-16(22-11)9-17(14(18)13(12)16)8-10-4-3-7-21-10/h5-6,10-13H,2-4,7-9H2,1H3/t10-,11-,12-,13-,16+/m1/s1. The van der Waals surface area contributed by atoms with Crippen molar-refractivity contribution < 1.29 is 23.8 Å². The minimum absolute atomic E-state index is 0.000373. The molecular formula is C16H21NO5. The smallest absolute Gasteiger partial charge is 0.312 e. The third-order valence-corrected chi connectivity index (χ3v) is 5.19. The molecule has 0 unspecified atom stereocenters. The van der Waals surface area contributed by atoms with Crippen LogP contribution in [-0.2, 0) is 23.8 Å². The van der Waals surface area contributed by atoms with Gasteiger partial charge in [-0.3, -0.25) is 9.59 Å². The van der Waals surface area contributed by atoms with E-state index in [0.29, 0.717) is 19.7 Å². The number of likely N-dealkylation sites (tertiary alicyclic amines) is 1. The van der Waals surface area contributed by atoms with Crippen molar-refractivity contribution in [2.45, 2.75) is 37.6 Å². The molecule has 1 spiro atoms. The first-order chi connectivity index (χ1) is 10.6. The maximum atomic E-state index is 12.8. The van der Waals surface area contributed by atoms with Crippen molar-refractivity contribution >= 4 is 11.9 Å². The van der Waals surface area contributed by atoms with Crippen LogP contribution in [0.4, 0.5) is 0 Å². The Morgan fingerprint density at radius 3 is 3.14 bits per heavy atom. The number of fused-ring (bicyclic) bond motifs is 1. The highest BCUT2D eigenvalue weighted by molar-refractivity contribution is 5.91. The second-order valence-electron chi connectivity index (χ2n) is 6.51. The number of hydrogen-bond acceptors (Lipinski definition) is 5. The topological polar surface area (TPSA) is 65.1 Å². The van der Waals surface area contributed by atoms with Gasteiger partial charge in [0.25, 0.3) is 0 Å². The average Bonchev–Trinajstić information content (AvgIpc) is 3.23. The molecule has 0 radical (unpaired) electrons. The van der Waals surface area contributed by atoms with Crippen molar-refractivity contribution in [1.29, 1.82) is 0 Å². The van der Waals surface area contributed by atoms with Gasteiger partial charge in [0.15, 0.2) is 0 Å². The first kappa shape index (κ1) is 14.2. The lowest BCUT2D eigenvalue weighted by Crippen LogP contribution is -2.40. The molecule has 4 aliphatic heterocycles. The minimum Gasteiger partial charge on any atom is -0.466 e. The summed E-state index contributed by atoms with van der Waals surface area (Å²) in [6.07, 6.45) is 5.69. The summed E-state index contributed by atoms with van der Waals surface area (Å²) in [6, 6.07) is 0. The van der Waals surface area contributed by atoms with Gasteiger partial charge >= 0.3 is 5.97 Å². The Morgan fingerprint density at radius 1 is 1.55 bits per heavy atom. The number of carbonyl (C=O) groups excluding carboxylic acids is 2. The summed E-state index contributed by atoms with van der Waals surface area (Å²) < 4.78 is 16.8. The number of ether oxygens (including phenoxy) is 3. The van der Waals surface area contributed by atoms with E-state index in [9.17, 15) is 9.59 Å². The van der Waals surface area contributed by atoms with Crippen LogP contribution in [0.5, 0.6) is 0 Å². The van der Waals surface area contributed by atoms with E-state index in [1.54, 1.807) is 11.8 Å². The van der Waals surface area contributed by atoms with E-state index >= 15 is 0 Å². The molecule has 0 aromatic carbocycles. The fourth-order valence-corrected chi connectivity index (χ4v) is 4.27. The summed E-state index contributed by atoms with van der Waals surface area (Å²) in [6.45, 7) is 3.97. The van der Waals surface area contributed by atoms with Gasteiger partial charge in [0, 0.05) is 13.2 Å². The lowest BCUT2D eigenvalue weighted by molar-refractivity contribution is -0.153. The Hall–Kier alpha value is -1.40. The van der Waals surface area contributed by atoms with E-state index in [0.717, 1.165) is 19.4 Å².